The molecule has 4 aromatic rings. The number of thioether (sulfide) groups is 1. The predicted molar refractivity (Wildman–Crippen MR) is 156 cm³/mol. The number of hydrogen-bond donors (Lipinski definition) is 1. The summed E-state index contributed by atoms with van der Waals surface area (Å²) in [6, 6.07) is 23.5. The molecule has 0 radical (unpaired) electrons. The maximum atomic E-state index is 12.5. The minimum Gasteiger partial charge on any atom is -0.497 e. The molecule has 0 aliphatic rings. The molecule has 0 saturated heterocycles. The summed E-state index contributed by atoms with van der Waals surface area (Å²) in [7, 11) is 1.63. The van der Waals surface area contributed by atoms with E-state index < -0.39 is 0 Å². The highest BCUT2D eigenvalue weighted by Crippen LogP contribution is 2.30. The van der Waals surface area contributed by atoms with Gasteiger partial charge >= 0.3 is 0 Å². The fraction of sp³-hybridized carbons (Fsp3) is 0.267. The molecule has 9 heteroatoms. The summed E-state index contributed by atoms with van der Waals surface area (Å²) in [5.41, 5.74) is 6.52. The first-order valence-electron chi connectivity index (χ1n) is 12.7. The number of carbonyl (C=O) groups excluding carboxylic acids is 1. The van der Waals surface area contributed by atoms with Crippen LogP contribution in [0.5, 0.6) is 11.5 Å². The molecule has 0 aliphatic heterocycles. The lowest BCUT2D eigenvalue weighted by Crippen LogP contribution is -2.20. The molecule has 1 amide bonds. The second-order valence-corrected chi connectivity index (χ2v) is 10.7. The van der Waals surface area contributed by atoms with Crippen molar-refractivity contribution in [3.8, 4) is 28.6 Å². The van der Waals surface area contributed by atoms with Crippen LogP contribution in [0.2, 0.25) is 0 Å². The second kappa shape index (κ2) is 12.6. The first-order chi connectivity index (χ1) is 18.8. The maximum Gasteiger partial charge on any atom is 0.250 e. The Balaban J connectivity index is 1.50. The number of nitrogens with zero attached hydrogens (tertiary/aromatic N) is 4. The molecule has 0 bridgehead atoms. The van der Waals surface area contributed by atoms with Crippen LogP contribution < -0.4 is 14.9 Å². The third kappa shape index (κ3) is 7.26. The van der Waals surface area contributed by atoms with Crippen LogP contribution >= 0.6 is 11.8 Å². The molecule has 202 valence electrons. The van der Waals surface area contributed by atoms with Crippen molar-refractivity contribution in [2.45, 2.75) is 38.3 Å². The Morgan fingerprint density at radius 2 is 1.64 bits per heavy atom. The van der Waals surface area contributed by atoms with E-state index in [9.17, 15) is 4.79 Å². The van der Waals surface area contributed by atoms with Crippen LogP contribution in [-0.4, -0.2) is 46.4 Å². The summed E-state index contributed by atoms with van der Waals surface area (Å²) in [5.74, 6) is 2.11. The highest BCUT2D eigenvalue weighted by atomic mass is 32.2. The maximum absolute atomic E-state index is 12.5. The lowest BCUT2D eigenvalue weighted by molar-refractivity contribution is -0.118. The van der Waals surface area contributed by atoms with Crippen LogP contribution in [0.25, 0.3) is 17.1 Å². The van der Waals surface area contributed by atoms with Crippen molar-refractivity contribution in [2.75, 3.05) is 19.5 Å². The Labute approximate surface area is 233 Å². The predicted octanol–water partition coefficient (Wildman–Crippen LogP) is 5.88. The van der Waals surface area contributed by atoms with Crippen molar-refractivity contribution in [3.63, 3.8) is 0 Å². The van der Waals surface area contributed by atoms with Gasteiger partial charge in [0.1, 0.15) is 11.5 Å². The largest absolute Gasteiger partial charge is 0.497 e. The van der Waals surface area contributed by atoms with Crippen molar-refractivity contribution < 1.29 is 14.3 Å². The molecule has 0 unspecified atom stereocenters. The molecule has 1 heterocycles. The van der Waals surface area contributed by atoms with E-state index in [1.165, 1.54) is 17.3 Å². The number of aromatic nitrogens is 3. The van der Waals surface area contributed by atoms with Gasteiger partial charge in [-0.15, -0.1) is 10.2 Å². The topological polar surface area (TPSA) is 90.6 Å². The third-order valence-corrected chi connectivity index (χ3v) is 6.83. The Kier molecular flexibility index (Phi) is 9.03. The van der Waals surface area contributed by atoms with Crippen LogP contribution in [0, 0.1) is 0 Å². The van der Waals surface area contributed by atoms with Crippen molar-refractivity contribution in [1.82, 2.24) is 20.2 Å². The third-order valence-electron chi connectivity index (χ3n) is 5.90. The zero-order valence-electron chi connectivity index (χ0n) is 22.8. The second-order valence-electron chi connectivity index (χ2n) is 9.75. The van der Waals surface area contributed by atoms with E-state index in [0.29, 0.717) is 17.6 Å². The fourth-order valence-corrected chi connectivity index (χ4v) is 4.54. The summed E-state index contributed by atoms with van der Waals surface area (Å²) in [5, 5.41) is 13.6. The molecule has 1 N–H and O–H groups in total. The van der Waals surface area contributed by atoms with Gasteiger partial charge in [-0.3, -0.25) is 9.36 Å². The molecule has 0 fully saturated rings. The average Bonchev–Trinajstić information content (AvgIpc) is 3.36. The number of hydrogen-bond acceptors (Lipinski definition) is 7. The normalized spacial score (nSPS) is 11.5. The van der Waals surface area contributed by atoms with E-state index in [-0.39, 0.29) is 17.1 Å². The SMILES string of the molecule is CCOc1ccc(/C=N\NC(=O)CSc2nnc(-c3ccc(C(C)(C)C)cc3)n2-c2ccc(OC)cc2)cc1. The van der Waals surface area contributed by atoms with Gasteiger partial charge in [-0.25, -0.2) is 5.43 Å². The van der Waals surface area contributed by atoms with E-state index >= 15 is 0 Å². The Morgan fingerprint density at radius 1 is 0.974 bits per heavy atom. The van der Waals surface area contributed by atoms with Gasteiger partial charge in [0.25, 0.3) is 5.91 Å². The van der Waals surface area contributed by atoms with Gasteiger partial charge in [-0.05, 0) is 72.0 Å². The summed E-state index contributed by atoms with van der Waals surface area (Å²) in [6.45, 7) is 9.10. The lowest BCUT2D eigenvalue weighted by atomic mass is 9.87. The van der Waals surface area contributed by atoms with E-state index in [1.807, 2.05) is 60.0 Å². The van der Waals surface area contributed by atoms with Gasteiger partial charge in [0.05, 0.1) is 25.7 Å². The zero-order valence-corrected chi connectivity index (χ0v) is 23.7. The summed E-state index contributed by atoms with van der Waals surface area (Å²) in [4.78, 5) is 12.5. The minimum absolute atomic E-state index is 0.0476. The van der Waals surface area contributed by atoms with Crippen molar-refractivity contribution in [1.29, 1.82) is 0 Å². The van der Waals surface area contributed by atoms with Gasteiger partial charge in [0.2, 0.25) is 0 Å². The first kappa shape index (κ1) is 27.9. The quantitative estimate of drug-likeness (QED) is 0.153. The molecule has 0 saturated carbocycles. The number of methoxy groups -OCH3 is 1. The molecule has 8 nitrogen and oxygen atoms in total. The van der Waals surface area contributed by atoms with Gasteiger partial charge in [-0.1, -0.05) is 56.8 Å². The first-order valence-corrected chi connectivity index (χ1v) is 13.7. The van der Waals surface area contributed by atoms with Crippen molar-refractivity contribution in [2.24, 2.45) is 5.10 Å². The van der Waals surface area contributed by atoms with Crippen LogP contribution in [-0.2, 0) is 10.2 Å². The van der Waals surface area contributed by atoms with Crippen LogP contribution in [0.4, 0.5) is 0 Å². The lowest BCUT2D eigenvalue weighted by Gasteiger charge is -2.19. The van der Waals surface area contributed by atoms with Crippen molar-refractivity contribution in [3.05, 3.63) is 83.9 Å². The molecular formula is C30H33N5O3S. The Morgan fingerprint density at radius 3 is 2.26 bits per heavy atom. The van der Waals surface area contributed by atoms with Gasteiger partial charge in [0, 0.05) is 11.3 Å². The van der Waals surface area contributed by atoms with Gasteiger partial charge in [0.15, 0.2) is 11.0 Å². The number of nitrogens with one attached hydrogen (secondary N) is 1. The van der Waals surface area contributed by atoms with Gasteiger partial charge < -0.3 is 9.47 Å². The molecule has 0 spiro atoms. The van der Waals surface area contributed by atoms with Gasteiger partial charge in [-0.2, -0.15) is 5.10 Å². The number of rotatable bonds is 10. The molecule has 39 heavy (non-hydrogen) atoms. The molecule has 3 aromatic carbocycles. The number of amides is 1. The number of benzene rings is 3. The van der Waals surface area contributed by atoms with Crippen LogP contribution in [0.1, 0.15) is 38.8 Å². The van der Waals surface area contributed by atoms with E-state index in [2.05, 4.69) is 65.8 Å². The molecule has 0 aliphatic carbocycles. The number of ether oxygens (including phenoxy) is 2. The summed E-state index contributed by atoms with van der Waals surface area (Å²) >= 11 is 1.29. The summed E-state index contributed by atoms with van der Waals surface area (Å²) in [6.07, 6.45) is 1.59. The van der Waals surface area contributed by atoms with Crippen LogP contribution in [0.3, 0.4) is 0 Å². The number of carbonyl (C=O) groups is 1. The van der Waals surface area contributed by atoms with E-state index in [4.69, 9.17) is 9.47 Å². The summed E-state index contributed by atoms with van der Waals surface area (Å²) < 4.78 is 12.7. The molecular weight excluding hydrogens is 510 g/mol. The monoisotopic (exact) mass is 543 g/mol. The highest BCUT2D eigenvalue weighted by Gasteiger charge is 2.19. The average molecular weight is 544 g/mol. The standard InChI is InChI=1S/C30H33N5O3S/c1-6-38-26-15-7-21(8-16-26)19-31-32-27(36)20-39-29-34-33-28(22-9-11-23(12-10-22)30(2,3)4)35(29)24-13-17-25(37-5)18-14-24/h7-19H,6,20H2,1-5H3,(H,32,36)/b31-19-. The Bertz CT molecular complexity index is 1410. The minimum atomic E-state index is -0.248. The smallest absolute Gasteiger partial charge is 0.250 e. The number of hydrazone groups is 1. The molecule has 0 atom stereocenters. The zero-order chi connectivity index (χ0) is 27.8. The Hall–Kier alpha value is -4.11. The highest BCUT2D eigenvalue weighted by molar-refractivity contribution is 7.99. The van der Waals surface area contributed by atoms with Crippen molar-refractivity contribution >= 4 is 23.9 Å². The van der Waals surface area contributed by atoms with Crippen LogP contribution in [0.15, 0.2) is 83.1 Å². The van der Waals surface area contributed by atoms with E-state index in [0.717, 1.165) is 28.3 Å². The van der Waals surface area contributed by atoms with E-state index in [1.54, 1.807) is 13.3 Å². The fourth-order valence-electron chi connectivity index (χ4n) is 3.79. The molecule has 1 aromatic heterocycles. The molecule has 4 rings (SSSR count).